The van der Waals surface area contributed by atoms with Gasteiger partial charge >= 0.3 is 0 Å². The zero-order chi connectivity index (χ0) is 28.0. The van der Waals surface area contributed by atoms with E-state index in [4.69, 9.17) is 21.1 Å². The second-order valence-corrected chi connectivity index (χ2v) is 12.1. The van der Waals surface area contributed by atoms with E-state index in [2.05, 4.69) is 41.8 Å². The van der Waals surface area contributed by atoms with E-state index in [1.54, 1.807) is 13.2 Å². The molecule has 0 radical (unpaired) electrons. The van der Waals surface area contributed by atoms with Crippen LogP contribution in [0, 0.1) is 12.8 Å². The Morgan fingerprint density at radius 2 is 1.84 bits per heavy atom. The second kappa shape index (κ2) is 14.8. The molecule has 8 nitrogen and oxygen atoms in total. The van der Waals surface area contributed by atoms with E-state index in [0.717, 1.165) is 12.8 Å². The molecule has 12 heteroatoms. The third-order valence-corrected chi connectivity index (χ3v) is 8.71. The SMILES string of the molecule is CSC1O[C@H]([C@H](NC(=O)[C@H]2NC[C@@H]3CC(c4ccc(C)cc4)CCO[C@H]32)[C@H](C)Cl)C(O)[C@@H](O)[C@H]1O.CSF. The topological polar surface area (TPSA) is 120 Å². The lowest BCUT2D eigenvalue weighted by Crippen LogP contribution is -2.65. The Morgan fingerprint density at radius 1 is 1.18 bits per heavy atom. The van der Waals surface area contributed by atoms with Crippen molar-refractivity contribution >= 4 is 41.4 Å². The maximum absolute atomic E-state index is 13.4. The van der Waals surface area contributed by atoms with E-state index in [1.165, 1.54) is 29.1 Å². The molecule has 11 atom stereocenters. The van der Waals surface area contributed by atoms with E-state index < -0.39 is 47.3 Å². The fourth-order valence-electron chi connectivity index (χ4n) is 5.52. The van der Waals surface area contributed by atoms with Gasteiger partial charge in [0.05, 0.1) is 17.5 Å². The normalized spacial score (nSPS) is 36.7. The van der Waals surface area contributed by atoms with E-state index >= 15 is 0 Å². The Morgan fingerprint density at radius 3 is 2.45 bits per heavy atom. The van der Waals surface area contributed by atoms with Crippen LogP contribution in [0.3, 0.4) is 0 Å². The molecular weight excluding hydrogens is 555 g/mol. The monoisotopic (exact) mass is 594 g/mol. The highest BCUT2D eigenvalue weighted by molar-refractivity contribution is 7.99. The van der Waals surface area contributed by atoms with Gasteiger partial charge in [-0.15, -0.1) is 23.4 Å². The molecule has 0 aliphatic carbocycles. The number of nitrogens with one attached hydrogen (secondary N) is 2. The average Bonchev–Trinajstić information content (AvgIpc) is 3.17. The molecule has 3 fully saturated rings. The van der Waals surface area contributed by atoms with Gasteiger partial charge in [0.25, 0.3) is 0 Å². The Balaban J connectivity index is 0.00000127. The van der Waals surface area contributed by atoms with Gasteiger partial charge in [0, 0.05) is 37.5 Å². The van der Waals surface area contributed by atoms with Crippen molar-refractivity contribution in [2.45, 2.75) is 86.0 Å². The zero-order valence-corrected chi connectivity index (χ0v) is 24.5. The first-order chi connectivity index (χ1) is 18.1. The molecule has 0 saturated carbocycles. The Bertz CT molecular complexity index is 886. The molecule has 0 aromatic heterocycles. The van der Waals surface area contributed by atoms with Gasteiger partial charge < -0.3 is 35.4 Å². The molecule has 3 aliphatic rings. The molecule has 3 saturated heterocycles. The van der Waals surface area contributed by atoms with Gasteiger partial charge in [-0.05, 0) is 44.4 Å². The van der Waals surface area contributed by atoms with Crippen LogP contribution in [0.2, 0.25) is 0 Å². The molecule has 5 N–H and O–H groups in total. The molecular formula is C26H40ClFN2O6S2. The number of benzene rings is 1. The highest BCUT2D eigenvalue weighted by Crippen LogP contribution is 2.36. The second-order valence-electron chi connectivity index (χ2n) is 10.2. The van der Waals surface area contributed by atoms with Crippen LogP contribution in [-0.2, 0) is 14.3 Å². The summed E-state index contributed by atoms with van der Waals surface area (Å²) in [4.78, 5) is 13.4. The van der Waals surface area contributed by atoms with Gasteiger partial charge in [-0.1, -0.05) is 29.8 Å². The van der Waals surface area contributed by atoms with Crippen LogP contribution in [-0.4, -0.2) is 100 Å². The van der Waals surface area contributed by atoms with Gasteiger partial charge in [0.1, 0.15) is 35.9 Å². The van der Waals surface area contributed by atoms with Crippen molar-refractivity contribution in [2.75, 3.05) is 25.7 Å². The number of aliphatic hydroxyl groups is 3. The molecule has 3 aliphatic heterocycles. The number of carbonyl (C=O) groups is 1. The Kier molecular flexibility index (Phi) is 12.5. The quantitative estimate of drug-likeness (QED) is 0.316. The fourth-order valence-corrected chi connectivity index (χ4v) is 6.41. The molecule has 3 heterocycles. The standard InChI is InChI=1S/C25H37ClN2O6S.CH3FS/c1-12-4-6-14(7-5-12)15-8-9-33-22-16(10-15)11-27-18(22)24(32)28-17(13(2)26)23-20(30)19(29)21(31)25(34-23)35-3;1-3-2/h4-7,13,15-23,25,27,29-31H,8-11H2,1-3H3,(H,28,32);1H3/t13-,15?,16-,17+,18-,19+,20?,21+,22+,23+,25?;/m0./s1. The van der Waals surface area contributed by atoms with Crippen LogP contribution in [0.25, 0.3) is 0 Å². The maximum atomic E-state index is 13.4. The summed E-state index contributed by atoms with van der Waals surface area (Å²) in [5.74, 6) is 0.300. The molecule has 0 spiro atoms. The maximum Gasteiger partial charge on any atom is 0.240 e. The Labute approximate surface area is 238 Å². The lowest BCUT2D eigenvalue weighted by Gasteiger charge is -2.44. The lowest BCUT2D eigenvalue weighted by atomic mass is 9.85. The highest BCUT2D eigenvalue weighted by Gasteiger charge is 2.49. The van der Waals surface area contributed by atoms with Gasteiger partial charge in [-0.3, -0.25) is 4.79 Å². The molecule has 1 aromatic rings. The first-order valence-electron chi connectivity index (χ1n) is 12.9. The number of halogens is 2. The third-order valence-electron chi connectivity index (χ3n) is 7.58. The van der Waals surface area contributed by atoms with Crippen molar-refractivity contribution in [2.24, 2.45) is 5.92 Å². The largest absolute Gasteiger partial charge is 0.388 e. The molecule has 3 unspecified atom stereocenters. The number of aliphatic hydroxyl groups excluding tert-OH is 3. The summed E-state index contributed by atoms with van der Waals surface area (Å²) in [6.45, 7) is 5.03. The highest BCUT2D eigenvalue weighted by atomic mass is 35.5. The molecule has 1 amide bonds. The smallest absolute Gasteiger partial charge is 0.240 e. The van der Waals surface area contributed by atoms with Crippen LogP contribution in [0.15, 0.2) is 24.3 Å². The number of hydrogen-bond acceptors (Lipinski definition) is 9. The molecule has 1 aromatic carbocycles. The summed E-state index contributed by atoms with van der Waals surface area (Å²) in [5, 5.41) is 36.8. The first kappa shape index (κ1) is 31.9. The molecule has 216 valence electrons. The summed E-state index contributed by atoms with van der Waals surface area (Å²) >= 11 is 7.89. The minimum atomic E-state index is -1.40. The van der Waals surface area contributed by atoms with E-state index in [9.17, 15) is 24.0 Å². The number of aryl methyl sites for hydroxylation is 1. The number of hydrogen-bond donors (Lipinski definition) is 5. The fraction of sp³-hybridized carbons (Fsp3) is 0.731. The minimum Gasteiger partial charge on any atom is -0.388 e. The van der Waals surface area contributed by atoms with Crippen LogP contribution in [0.5, 0.6) is 0 Å². The van der Waals surface area contributed by atoms with Crippen LogP contribution in [0.4, 0.5) is 3.89 Å². The van der Waals surface area contributed by atoms with Crippen molar-refractivity contribution < 1.29 is 33.5 Å². The molecule has 4 rings (SSSR count). The first-order valence-corrected chi connectivity index (χ1v) is 15.7. The van der Waals surface area contributed by atoms with Crippen molar-refractivity contribution in [3.8, 4) is 0 Å². The summed E-state index contributed by atoms with van der Waals surface area (Å²) in [6.07, 6.45) is -0.318. The van der Waals surface area contributed by atoms with Crippen molar-refractivity contribution in [3.05, 3.63) is 35.4 Å². The summed E-state index contributed by atoms with van der Waals surface area (Å²) in [7, 11) is 0. The molecule has 0 bridgehead atoms. The summed E-state index contributed by atoms with van der Waals surface area (Å²) in [6, 6.07) is 7.30. The summed E-state index contributed by atoms with van der Waals surface area (Å²) < 4.78 is 22.3. The lowest BCUT2D eigenvalue weighted by molar-refractivity contribution is -0.205. The van der Waals surface area contributed by atoms with Gasteiger partial charge in [-0.25, -0.2) is 0 Å². The van der Waals surface area contributed by atoms with Gasteiger partial charge in [-0.2, -0.15) is 3.89 Å². The molecule has 38 heavy (non-hydrogen) atoms. The number of carbonyl (C=O) groups excluding carboxylic acids is 1. The average molecular weight is 595 g/mol. The van der Waals surface area contributed by atoms with Crippen LogP contribution in [0.1, 0.15) is 36.8 Å². The van der Waals surface area contributed by atoms with Crippen molar-refractivity contribution in [1.82, 2.24) is 10.6 Å². The van der Waals surface area contributed by atoms with Crippen molar-refractivity contribution in [1.29, 1.82) is 0 Å². The number of ether oxygens (including phenoxy) is 2. The third kappa shape index (κ3) is 7.55. The van der Waals surface area contributed by atoms with Crippen LogP contribution >= 0.6 is 35.5 Å². The van der Waals surface area contributed by atoms with Crippen LogP contribution < -0.4 is 10.6 Å². The van der Waals surface area contributed by atoms with Crippen molar-refractivity contribution in [3.63, 3.8) is 0 Å². The minimum absolute atomic E-state index is 0.195. The predicted molar refractivity (Wildman–Crippen MR) is 150 cm³/mol. The number of fused-ring (bicyclic) bond motifs is 1. The summed E-state index contributed by atoms with van der Waals surface area (Å²) in [5.41, 5.74) is 1.79. The van der Waals surface area contributed by atoms with Gasteiger partial charge in [0.15, 0.2) is 0 Å². The number of rotatable bonds is 6. The van der Waals surface area contributed by atoms with E-state index in [0.29, 0.717) is 19.1 Å². The Hall–Kier alpha value is -0.630. The van der Waals surface area contributed by atoms with Gasteiger partial charge in [0.2, 0.25) is 5.91 Å². The van der Waals surface area contributed by atoms with E-state index in [1.807, 2.05) is 0 Å². The number of alkyl halides is 1. The number of amides is 1. The number of thioether (sulfide) groups is 1. The predicted octanol–water partition coefficient (Wildman–Crippen LogP) is 2.36. The zero-order valence-electron chi connectivity index (χ0n) is 22.1. The van der Waals surface area contributed by atoms with E-state index in [-0.39, 0.29) is 30.1 Å².